The lowest BCUT2D eigenvalue weighted by molar-refractivity contribution is -0.116. The average Bonchev–Trinajstić information content (AvgIpc) is 2.39. The molecule has 114 valence electrons. The van der Waals surface area contributed by atoms with Gasteiger partial charge in [-0.2, -0.15) is 0 Å². The summed E-state index contributed by atoms with van der Waals surface area (Å²) < 4.78 is 0. The van der Waals surface area contributed by atoms with Gasteiger partial charge in [0, 0.05) is 0 Å². The summed E-state index contributed by atoms with van der Waals surface area (Å²) in [6.45, 7) is 3.94. The molecule has 0 aliphatic carbocycles. The summed E-state index contributed by atoms with van der Waals surface area (Å²) in [5.41, 5.74) is 0. The summed E-state index contributed by atoms with van der Waals surface area (Å²) in [4.78, 5) is 11.1. The maximum absolute atomic E-state index is 11.0. The number of unbranched alkanes of at least 4 members (excludes halogenated alkanes) is 11. The Morgan fingerprint density at radius 3 is 1.53 bits per heavy atom. The first-order chi connectivity index (χ1) is 9.18. The number of ketones is 1. The Kier molecular flexibility index (Phi) is 14.7. The predicted octanol–water partition coefficient (Wildman–Crippen LogP) is 6.43. The fraction of sp³-hybridized carbons (Fsp3) is 0.941. The van der Waals surface area contributed by atoms with Crippen molar-refractivity contribution in [2.45, 2.75) is 102 Å². The first kappa shape index (κ1) is 19.1. The van der Waals surface area contributed by atoms with Gasteiger partial charge in [-0.15, -0.1) is 0 Å². The molecule has 1 atom stereocenters. The lowest BCUT2D eigenvalue weighted by Crippen LogP contribution is -2.08. The molecule has 0 aromatic carbocycles. The highest BCUT2D eigenvalue weighted by molar-refractivity contribution is 9.10. The molecular weight excluding hydrogens is 300 g/mol. The third kappa shape index (κ3) is 14.4. The Morgan fingerprint density at radius 2 is 1.16 bits per heavy atom. The molecule has 0 radical (unpaired) electrons. The maximum Gasteiger partial charge on any atom is 0.143 e. The topological polar surface area (TPSA) is 17.1 Å². The zero-order valence-electron chi connectivity index (χ0n) is 13.1. The van der Waals surface area contributed by atoms with Crippen molar-refractivity contribution >= 4 is 21.7 Å². The van der Waals surface area contributed by atoms with E-state index in [1.54, 1.807) is 6.92 Å². The highest BCUT2D eigenvalue weighted by Crippen LogP contribution is 2.15. The van der Waals surface area contributed by atoms with E-state index in [2.05, 4.69) is 22.9 Å². The van der Waals surface area contributed by atoms with Crippen LogP contribution in [0.1, 0.15) is 97.3 Å². The number of hydrogen-bond donors (Lipinski definition) is 0. The van der Waals surface area contributed by atoms with Crippen LogP contribution in [-0.4, -0.2) is 10.6 Å². The van der Waals surface area contributed by atoms with Gasteiger partial charge in [-0.05, 0) is 13.3 Å². The third-order valence-electron chi connectivity index (χ3n) is 3.75. The summed E-state index contributed by atoms with van der Waals surface area (Å²) in [6, 6.07) is 0. The van der Waals surface area contributed by atoms with Crippen LogP contribution in [-0.2, 0) is 4.79 Å². The molecule has 1 nitrogen and oxygen atoms in total. The molecule has 0 aromatic heterocycles. The molecule has 0 saturated heterocycles. The summed E-state index contributed by atoms with van der Waals surface area (Å²) >= 11 is 3.42. The minimum absolute atomic E-state index is 0.0932. The smallest absolute Gasteiger partial charge is 0.143 e. The number of rotatable bonds is 14. The molecule has 0 bridgehead atoms. The lowest BCUT2D eigenvalue weighted by Gasteiger charge is -2.05. The standard InChI is InChI=1S/C17H33BrO/c1-3-4-5-6-7-8-9-10-11-12-13-14-15-17(18)16(2)19/h17H,3-15H2,1-2H3/t17-/m1/s1. The first-order valence-electron chi connectivity index (χ1n) is 8.33. The molecule has 0 aliphatic rings. The van der Waals surface area contributed by atoms with E-state index in [0.29, 0.717) is 0 Å². The van der Waals surface area contributed by atoms with Crippen LogP contribution in [0, 0.1) is 0 Å². The first-order valence-corrected chi connectivity index (χ1v) is 9.24. The number of Topliss-reactive ketones (excluding diaryl/α,β-unsaturated/α-hetero) is 1. The third-order valence-corrected chi connectivity index (χ3v) is 4.85. The number of hydrogen-bond acceptors (Lipinski definition) is 1. The van der Waals surface area contributed by atoms with E-state index in [9.17, 15) is 4.79 Å². The normalized spacial score (nSPS) is 12.6. The number of carbonyl (C=O) groups excluding carboxylic acids is 1. The van der Waals surface area contributed by atoms with Gasteiger partial charge in [0.05, 0.1) is 4.83 Å². The molecule has 0 rings (SSSR count). The molecule has 0 aromatic rings. The van der Waals surface area contributed by atoms with E-state index in [4.69, 9.17) is 0 Å². The summed E-state index contributed by atoms with van der Waals surface area (Å²) in [5.74, 6) is 0.267. The van der Waals surface area contributed by atoms with Crippen molar-refractivity contribution in [1.82, 2.24) is 0 Å². The van der Waals surface area contributed by atoms with E-state index in [1.165, 1.54) is 77.0 Å². The van der Waals surface area contributed by atoms with Crippen LogP contribution in [0.2, 0.25) is 0 Å². The van der Waals surface area contributed by atoms with E-state index in [1.807, 2.05) is 0 Å². The highest BCUT2D eigenvalue weighted by Gasteiger charge is 2.07. The van der Waals surface area contributed by atoms with Crippen molar-refractivity contribution in [1.29, 1.82) is 0 Å². The SMILES string of the molecule is CCCCCCCCCCCCCC[C@@H](Br)C(C)=O. The minimum atomic E-state index is 0.0932. The Labute approximate surface area is 129 Å². The Balaban J connectivity index is 3.05. The largest absolute Gasteiger partial charge is 0.299 e. The van der Waals surface area contributed by atoms with Crippen LogP contribution in [0.3, 0.4) is 0 Å². The van der Waals surface area contributed by atoms with E-state index in [-0.39, 0.29) is 10.6 Å². The predicted molar refractivity (Wildman–Crippen MR) is 89.1 cm³/mol. The van der Waals surface area contributed by atoms with Gasteiger partial charge in [0.2, 0.25) is 0 Å². The van der Waals surface area contributed by atoms with Gasteiger partial charge in [-0.3, -0.25) is 4.79 Å². The molecule has 0 aliphatic heterocycles. The van der Waals surface area contributed by atoms with Crippen LogP contribution < -0.4 is 0 Å². The van der Waals surface area contributed by atoms with Crippen LogP contribution in [0.25, 0.3) is 0 Å². The van der Waals surface area contributed by atoms with Crippen molar-refractivity contribution in [3.8, 4) is 0 Å². The van der Waals surface area contributed by atoms with Crippen LogP contribution >= 0.6 is 15.9 Å². The molecule has 0 saturated carbocycles. The monoisotopic (exact) mass is 332 g/mol. The van der Waals surface area contributed by atoms with E-state index in [0.717, 1.165) is 6.42 Å². The average molecular weight is 333 g/mol. The molecule has 2 heteroatoms. The fourth-order valence-corrected chi connectivity index (χ4v) is 2.69. The maximum atomic E-state index is 11.0. The molecule has 19 heavy (non-hydrogen) atoms. The molecular formula is C17H33BrO. The Bertz CT molecular complexity index is 203. The Morgan fingerprint density at radius 1 is 0.789 bits per heavy atom. The van der Waals surface area contributed by atoms with Gasteiger partial charge >= 0.3 is 0 Å². The molecule has 0 unspecified atom stereocenters. The van der Waals surface area contributed by atoms with Crippen molar-refractivity contribution in [2.24, 2.45) is 0 Å². The summed E-state index contributed by atoms with van der Waals surface area (Å²) in [5, 5.41) is 0. The van der Waals surface area contributed by atoms with Crippen molar-refractivity contribution in [2.75, 3.05) is 0 Å². The van der Waals surface area contributed by atoms with Gasteiger partial charge in [0.25, 0.3) is 0 Å². The van der Waals surface area contributed by atoms with Crippen molar-refractivity contribution < 1.29 is 4.79 Å². The van der Waals surface area contributed by atoms with Crippen molar-refractivity contribution in [3.63, 3.8) is 0 Å². The van der Waals surface area contributed by atoms with Crippen LogP contribution in [0.5, 0.6) is 0 Å². The second-order valence-corrected chi connectivity index (χ2v) is 6.86. The number of halogens is 1. The van der Waals surface area contributed by atoms with Gasteiger partial charge in [0.15, 0.2) is 0 Å². The van der Waals surface area contributed by atoms with Gasteiger partial charge < -0.3 is 0 Å². The van der Waals surface area contributed by atoms with E-state index < -0.39 is 0 Å². The van der Waals surface area contributed by atoms with Crippen molar-refractivity contribution in [3.05, 3.63) is 0 Å². The second kappa shape index (κ2) is 14.6. The number of alkyl halides is 1. The summed E-state index contributed by atoms with van der Waals surface area (Å²) in [7, 11) is 0. The molecule has 0 amide bonds. The van der Waals surface area contributed by atoms with Crippen LogP contribution in [0.15, 0.2) is 0 Å². The molecule has 0 spiro atoms. The fourth-order valence-electron chi connectivity index (χ4n) is 2.37. The van der Waals surface area contributed by atoms with Gasteiger partial charge in [-0.1, -0.05) is 99.9 Å². The zero-order valence-corrected chi connectivity index (χ0v) is 14.6. The van der Waals surface area contributed by atoms with E-state index >= 15 is 0 Å². The summed E-state index contributed by atoms with van der Waals surface area (Å²) in [6.07, 6.45) is 17.5. The quantitative estimate of drug-likeness (QED) is 0.264. The zero-order chi connectivity index (χ0) is 14.3. The van der Waals surface area contributed by atoms with Crippen LogP contribution in [0.4, 0.5) is 0 Å². The highest BCUT2D eigenvalue weighted by atomic mass is 79.9. The lowest BCUT2D eigenvalue weighted by atomic mass is 10.0. The molecule has 0 N–H and O–H groups in total. The van der Waals surface area contributed by atoms with Gasteiger partial charge in [-0.25, -0.2) is 0 Å². The molecule has 0 fully saturated rings. The minimum Gasteiger partial charge on any atom is -0.299 e. The number of carbonyl (C=O) groups is 1. The Hall–Kier alpha value is 0.150. The molecule has 0 heterocycles. The van der Waals surface area contributed by atoms with Gasteiger partial charge in [0.1, 0.15) is 5.78 Å². The second-order valence-electron chi connectivity index (χ2n) is 5.76.